The monoisotopic (exact) mass is 492 g/mol. The van der Waals surface area contributed by atoms with E-state index in [1.54, 1.807) is 61.7 Å². The molecule has 0 radical (unpaired) electrons. The molecule has 3 N–H and O–H groups in total. The van der Waals surface area contributed by atoms with Gasteiger partial charge in [0, 0.05) is 34.3 Å². The van der Waals surface area contributed by atoms with Crippen molar-refractivity contribution in [3.8, 4) is 22.6 Å². The first-order chi connectivity index (χ1) is 16.9. The van der Waals surface area contributed by atoms with Gasteiger partial charge in [0.2, 0.25) is 0 Å². The molecule has 0 saturated carbocycles. The van der Waals surface area contributed by atoms with Crippen molar-refractivity contribution in [2.24, 2.45) is 5.73 Å². The van der Waals surface area contributed by atoms with Gasteiger partial charge in [0.25, 0.3) is 0 Å². The first-order valence-corrected chi connectivity index (χ1v) is 11.9. The van der Waals surface area contributed by atoms with E-state index in [1.165, 1.54) is 11.3 Å². The number of ether oxygens (including phenoxy) is 2. The highest BCUT2D eigenvalue weighted by Gasteiger charge is 2.15. The zero-order valence-electron chi connectivity index (χ0n) is 19.1. The lowest BCUT2D eigenvalue weighted by molar-refractivity contribution is -0.136. The van der Waals surface area contributed by atoms with E-state index >= 15 is 4.39 Å². The smallest absolute Gasteiger partial charge is 0.307 e. The van der Waals surface area contributed by atoms with Crippen molar-refractivity contribution in [1.29, 1.82) is 0 Å². The molecule has 180 valence electrons. The Balaban J connectivity index is 1.66. The Labute approximate surface area is 206 Å². The van der Waals surface area contributed by atoms with Gasteiger partial charge in [-0.05, 0) is 42.3 Å². The molecule has 0 aliphatic rings. The van der Waals surface area contributed by atoms with Crippen LogP contribution in [0.3, 0.4) is 0 Å². The normalized spacial score (nSPS) is 11.7. The minimum absolute atomic E-state index is 0.145. The number of thiazole rings is 1. The number of carboxylic acids is 1. The lowest BCUT2D eigenvalue weighted by Crippen LogP contribution is -2.08. The van der Waals surface area contributed by atoms with Gasteiger partial charge in [-0.25, -0.2) is 9.37 Å². The van der Waals surface area contributed by atoms with E-state index in [1.807, 2.05) is 17.5 Å². The molecular weight excluding hydrogens is 467 g/mol. The summed E-state index contributed by atoms with van der Waals surface area (Å²) in [4.78, 5) is 15.4. The maximum absolute atomic E-state index is 15.3. The Morgan fingerprint density at radius 3 is 2.69 bits per heavy atom. The summed E-state index contributed by atoms with van der Waals surface area (Å²) in [5.41, 5.74) is 8.73. The van der Waals surface area contributed by atoms with Gasteiger partial charge in [0.1, 0.15) is 35.5 Å². The summed E-state index contributed by atoms with van der Waals surface area (Å²) in [7, 11) is 0. The van der Waals surface area contributed by atoms with Crippen LogP contribution in [0.4, 0.5) is 4.39 Å². The van der Waals surface area contributed by atoms with Crippen molar-refractivity contribution in [3.05, 3.63) is 99.8 Å². The molecule has 0 amide bonds. The first kappa shape index (κ1) is 24.4. The number of nitrogens with zero attached hydrogens (tertiary/aromatic N) is 1. The second kappa shape index (κ2) is 11.1. The lowest BCUT2D eigenvalue weighted by Gasteiger charge is -2.15. The van der Waals surface area contributed by atoms with E-state index in [2.05, 4.69) is 4.98 Å². The fourth-order valence-corrected chi connectivity index (χ4v) is 4.22. The summed E-state index contributed by atoms with van der Waals surface area (Å²) in [6, 6.07) is 17.1. The molecule has 1 heterocycles. The zero-order chi connectivity index (χ0) is 24.8. The summed E-state index contributed by atoms with van der Waals surface area (Å²) in [6.45, 7) is 2.17. The molecule has 3 aromatic carbocycles. The van der Waals surface area contributed by atoms with Gasteiger partial charge in [-0.2, -0.15) is 0 Å². The average molecular weight is 493 g/mol. The van der Waals surface area contributed by atoms with Crippen molar-refractivity contribution in [2.45, 2.75) is 32.6 Å². The standard InChI is InChI=1S/C27H25FN2O4S/c1-17(29)22-6-4-7-23(27(22)28)20-11-18(12-21(13-20)33-16-25-30-9-10-35-25)15-34-24-8-3-2-5-19(24)14-26(31)32/h2-13,17H,14-16,29H2,1H3,(H,31,32)/t17-/m0/s1. The first-order valence-electron chi connectivity index (χ1n) is 11.0. The number of halogens is 1. The maximum atomic E-state index is 15.3. The quantitative estimate of drug-likeness (QED) is 0.293. The molecule has 35 heavy (non-hydrogen) atoms. The topological polar surface area (TPSA) is 94.7 Å². The Morgan fingerprint density at radius 2 is 1.94 bits per heavy atom. The third kappa shape index (κ3) is 6.23. The van der Waals surface area contributed by atoms with Crippen LogP contribution in [0.15, 0.2) is 72.2 Å². The minimum atomic E-state index is -0.939. The Morgan fingerprint density at radius 1 is 1.11 bits per heavy atom. The number of aliphatic carboxylic acids is 1. The van der Waals surface area contributed by atoms with Crippen molar-refractivity contribution in [2.75, 3.05) is 0 Å². The van der Waals surface area contributed by atoms with Gasteiger partial charge >= 0.3 is 5.97 Å². The number of nitrogens with two attached hydrogens (primary N) is 1. The molecular formula is C27H25FN2O4S. The Kier molecular flexibility index (Phi) is 7.74. The highest BCUT2D eigenvalue weighted by atomic mass is 32.1. The number of para-hydroxylation sites is 1. The molecule has 0 spiro atoms. The largest absolute Gasteiger partial charge is 0.489 e. The third-order valence-corrected chi connectivity index (χ3v) is 6.10. The van der Waals surface area contributed by atoms with Crippen LogP contribution in [0.25, 0.3) is 11.1 Å². The lowest BCUT2D eigenvalue weighted by atomic mass is 9.97. The number of carboxylic acid groups (broad SMARTS) is 1. The van der Waals surface area contributed by atoms with Gasteiger partial charge < -0.3 is 20.3 Å². The van der Waals surface area contributed by atoms with Gasteiger partial charge in [0.15, 0.2) is 0 Å². The number of hydrogen-bond acceptors (Lipinski definition) is 6. The van der Waals surface area contributed by atoms with E-state index in [9.17, 15) is 9.90 Å². The van der Waals surface area contributed by atoms with Gasteiger partial charge in [-0.15, -0.1) is 11.3 Å². The molecule has 6 nitrogen and oxygen atoms in total. The van der Waals surface area contributed by atoms with Crippen LogP contribution in [0.2, 0.25) is 0 Å². The van der Waals surface area contributed by atoms with Crippen molar-refractivity contribution >= 4 is 17.3 Å². The van der Waals surface area contributed by atoms with E-state index in [-0.39, 0.29) is 25.5 Å². The summed E-state index contributed by atoms with van der Waals surface area (Å²) in [6.07, 6.45) is 1.57. The predicted octanol–water partition coefficient (Wildman–Crippen LogP) is 5.75. The zero-order valence-corrected chi connectivity index (χ0v) is 19.9. The number of benzene rings is 3. The molecule has 1 aromatic heterocycles. The number of hydrogen-bond donors (Lipinski definition) is 2. The third-order valence-electron chi connectivity index (χ3n) is 5.35. The molecule has 4 rings (SSSR count). The second-order valence-corrected chi connectivity index (χ2v) is 9.02. The summed E-state index contributed by atoms with van der Waals surface area (Å²) >= 11 is 1.49. The van der Waals surface area contributed by atoms with Crippen LogP contribution in [0, 0.1) is 5.82 Å². The molecule has 0 fully saturated rings. The summed E-state index contributed by atoms with van der Waals surface area (Å²) in [5.74, 6) is -0.292. The van der Waals surface area contributed by atoms with Crippen LogP contribution >= 0.6 is 11.3 Å². The number of rotatable bonds is 10. The highest BCUT2D eigenvalue weighted by molar-refractivity contribution is 7.09. The average Bonchev–Trinajstić information content (AvgIpc) is 3.35. The van der Waals surface area contributed by atoms with Crippen LogP contribution < -0.4 is 15.2 Å². The van der Waals surface area contributed by atoms with Crippen molar-refractivity contribution in [1.82, 2.24) is 4.98 Å². The molecule has 0 aliphatic carbocycles. The van der Waals surface area contributed by atoms with E-state index < -0.39 is 12.0 Å². The SMILES string of the molecule is C[C@H](N)c1cccc(-c2cc(COc3ccccc3CC(=O)O)cc(OCc3nccs3)c2)c1F. The number of carbonyl (C=O) groups is 1. The molecule has 0 bridgehead atoms. The summed E-state index contributed by atoms with van der Waals surface area (Å²) in [5, 5.41) is 11.9. The van der Waals surface area contributed by atoms with E-state index in [4.69, 9.17) is 15.2 Å². The van der Waals surface area contributed by atoms with Crippen molar-refractivity contribution < 1.29 is 23.8 Å². The second-order valence-electron chi connectivity index (χ2n) is 8.04. The molecule has 0 aliphatic heterocycles. The van der Waals surface area contributed by atoms with E-state index in [0.717, 1.165) is 10.6 Å². The van der Waals surface area contributed by atoms with Gasteiger partial charge in [-0.1, -0.05) is 36.4 Å². The van der Waals surface area contributed by atoms with Gasteiger partial charge in [-0.3, -0.25) is 4.79 Å². The molecule has 0 saturated heterocycles. The molecule has 8 heteroatoms. The van der Waals surface area contributed by atoms with Gasteiger partial charge in [0.05, 0.1) is 6.42 Å². The van der Waals surface area contributed by atoms with Crippen LogP contribution in [-0.2, 0) is 24.4 Å². The minimum Gasteiger partial charge on any atom is -0.489 e. The number of aromatic nitrogens is 1. The fraction of sp³-hybridized carbons (Fsp3) is 0.185. The summed E-state index contributed by atoms with van der Waals surface area (Å²) < 4.78 is 27.2. The molecule has 1 atom stereocenters. The van der Waals surface area contributed by atoms with Crippen LogP contribution in [-0.4, -0.2) is 16.1 Å². The Bertz CT molecular complexity index is 1310. The molecule has 4 aromatic rings. The maximum Gasteiger partial charge on any atom is 0.307 e. The van der Waals surface area contributed by atoms with E-state index in [0.29, 0.717) is 33.8 Å². The van der Waals surface area contributed by atoms with Crippen LogP contribution in [0.1, 0.15) is 34.7 Å². The Hall–Kier alpha value is -3.75. The van der Waals surface area contributed by atoms with Crippen LogP contribution in [0.5, 0.6) is 11.5 Å². The highest BCUT2D eigenvalue weighted by Crippen LogP contribution is 2.32. The fourth-order valence-electron chi connectivity index (χ4n) is 3.69. The predicted molar refractivity (Wildman–Crippen MR) is 133 cm³/mol. The van der Waals surface area contributed by atoms with Crippen molar-refractivity contribution in [3.63, 3.8) is 0 Å². The molecule has 0 unspecified atom stereocenters.